The Labute approximate surface area is 304 Å². The molecule has 3 heterocycles. The van der Waals surface area contributed by atoms with Crippen molar-refractivity contribution in [3.63, 3.8) is 0 Å². The fourth-order valence-electron chi connectivity index (χ4n) is 9.94. The molecule has 13 rings (SSSR count). The van der Waals surface area contributed by atoms with Crippen LogP contribution in [0.1, 0.15) is 22.3 Å². The van der Waals surface area contributed by atoms with Gasteiger partial charge in [-0.1, -0.05) is 127 Å². The monoisotopic (exact) mass is 673 g/mol. The summed E-state index contributed by atoms with van der Waals surface area (Å²) in [4.78, 5) is 10.8. The Morgan fingerprint density at radius 2 is 1.11 bits per heavy atom. The topological polar surface area (TPSA) is 39.9 Å². The summed E-state index contributed by atoms with van der Waals surface area (Å²) in [6.07, 6.45) is 0. The lowest BCUT2D eigenvalue weighted by Gasteiger charge is -2.30. The lowest BCUT2D eigenvalue weighted by molar-refractivity contribution is 0.492. The second-order valence-corrected chi connectivity index (χ2v) is 14.4. The van der Waals surface area contributed by atoms with E-state index in [9.17, 15) is 0 Å². The molecule has 0 saturated heterocycles. The number of hydrogen-bond donors (Lipinski definition) is 0. The molecule has 53 heavy (non-hydrogen) atoms. The molecule has 0 bridgehead atoms. The van der Waals surface area contributed by atoms with Gasteiger partial charge in [-0.3, -0.25) is 4.57 Å². The quantitative estimate of drug-likeness (QED) is 0.174. The molecule has 0 unspecified atom stereocenters. The highest BCUT2D eigenvalue weighted by Crippen LogP contribution is 2.63. The molecule has 2 aliphatic carbocycles. The smallest absolute Gasteiger partial charge is 0.235 e. The van der Waals surface area contributed by atoms with Crippen LogP contribution in [0.25, 0.3) is 82.9 Å². The molecule has 1 spiro atoms. The third kappa shape index (κ3) is 3.28. The highest BCUT2D eigenvalue weighted by molar-refractivity contribution is 6.13. The van der Waals surface area contributed by atoms with Crippen LogP contribution in [0.3, 0.4) is 0 Å². The van der Waals surface area contributed by atoms with E-state index >= 15 is 0 Å². The zero-order chi connectivity index (χ0) is 34.4. The van der Waals surface area contributed by atoms with Gasteiger partial charge in [0.05, 0.1) is 33.0 Å². The average molecular weight is 674 g/mol. The fourth-order valence-corrected chi connectivity index (χ4v) is 9.94. The molecule has 4 heteroatoms. The standard InChI is InChI=1S/C49H27N3O/c1-2-13-29-28(12-1)24-25-34-46-45-41(21-11-23-44(45)53-47(29)34)50-48(51-46)52-42-22-10-6-17-33(42)36-26-35-32-16-5-9-20-39(32)49(40(35)27-43(36)52)37-18-7-3-14-30(37)31-15-4-8-19-38(31)49/h1-27H. The van der Waals surface area contributed by atoms with E-state index in [0.29, 0.717) is 5.95 Å². The third-order valence-electron chi connectivity index (χ3n) is 12.0. The predicted molar refractivity (Wildman–Crippen MR) is 213 cm³/mol. The molecule has 1 aliphatic heterocycles. The minimum atomic E-state index is -0.447. The zero-order valence-corrected chi connectivity index (χ0v) is 28.3. The van der Waals surface area contributed by atoms with Crippen molar-refractivity contribution >= 4 is 43.5 Å². The van der Waals surface area contributed by atoms with E-state index < -0.39 is 5.41 Å². The highest BCUT2D eigenvalue weighted by Gasteiger charge is 2.51. The summed E-state index contributed by atoms with van der Waals surface area (Å²) in [5.74, 6) is 2.27. The predicted octanol–water partition coefficient (Wildman–Crippen LogP) is 12.0. The van der Waals surface area contributed by atoms with Gasteiger partial charge in [0.1, 0.15) is 11.5 Å². The molecular weight excluding hydrogens is 647 g/mol. The van der Waals surface area contributed by atoms with Gasteiger partial charge in [-0.25, -0.2) is 9.97 Å². The van der Waals surface area contributed by atoms with Crippen molar-refractivity contribution < 1.29 is 4.74 Å². The second kappa shape index (κ2) is 9.64. The minimum absolute atomic E-state index is 0.447. The van der Waals surface area contributed by atoms with Gasteiger partial charge >= 0.3 is 0 Å². The molecule has 3 aliphatic rings. The summed E-state index contributed by atoms with van der Waals surface area (Å²) in [6, 6.07) is 59.3. The maximum atomic E-state index is 6.64. The van der Waals surface area contributed by atoms with Crippen LogP contribution in [0.4, 0.5) is 0 Å². The van der Waals surface area contributed by atoms with Gasteiger partial charge in [0.25, 0.3) is 0 Å². The molecule has 0 saturated carbocycles. The van der Waals surface area contributed by atoms with Crippen LogP contribution < -0.4 is 4.74 Å². The Morgan fingerprint density at radius 3 is 1.89 bits per heavy atom. The summed E-state index contributed by atoms with van der Waals surface area (Å²) in [5, 5.41) is 5.51. The highest BCUT2D eigenvalue weighted by atomic mass is 16.5. The van der Waals surface area contributed by atoms with E-state index in [1.165, 1.54) is 55.3 Å². The number of hydrogen-bond acceptors (Lipinski definition) is 3. The summed E-state index contributed by atoms with van der Waals surface area (Å²) >= 11 is 0. The first-order chi connectivity index (χ1) is 26.3. The van der Waals surface area contributed by atoms with E-state index in [0.717, 1.165) is 55.5 Å². The van der Waals surface area contributed by atoms with Gasteiger partial charge in [-0.2, -0.15) is 0 Å². The van der Waals surface area contributed by atoms with Gasteiger partial charge in [0.15, 0.2) is 0 Å². The normalized spacial score (nSPS) is 14.0. The number of fused-ring (bicyclic) bond motifs is 17. The maximum Gasteiger partial charge on any atom is 0.235 e. The van der Waals surface area contributed by atoms with Crippen molar-refractivity contribution in [2.24, 2.45) is 0 Å². The number of rotatable bonds is 1. The molecule has 2 aromatic heterocycles. The lowest BCUT2D eigenvalue weighted by atomic mass is 9.70. The fraction of sp³-hybridized carbons (Fsp3) is 0.0204. The van der Waals surface area contributed by atoms with E-state index in [2.05, 4.69) is 156 Å². The Kier molecular flexibility index (Phi) is 5.03. The molecule has 0 fully saturated rings. The van der Waals surface area contributed by atoms with Gasteiger partial charge in [-0.05, 0) is 86.3 Å². The van der Waals surface area contributed by atoms with Crippen molar-refractivity contribution in [3.8, 4) is 51.0 Å². The molecule has 4 nitrogen and oxygen atoms in total. The lowest BCUT2D eigenvalue weighted by Crippen LogP contribution is -2.25. The first kappa shape index (κ1) is 27.7. The SMILES string of the molecule is c1ccc2c(c1)-c1ccccc1C21c2ccccc2-c2cc3c4ccccc4n(-c4nc5c6c(cccc6n4)Oc4c-5ccc5ccccc45)c3cc21. The van der Waals surface area contributed by atoms with Crippen LogP contribution in [-0.4, -0.2) is 14.5 Å². The van der Waals surface area contributed by atoms with Crippen LogP contribution in [-0.2, 0) is 5.41 Å². The summed E-state index contributed by atoms with van der Waals surface area (Å²) in [5.41, 5.74) is 14.9. The molecule has 0 atom stereocenters. The molecule has 0 radical (unpaired) electrons. The van der Waals surface area contributed by atoms with Gasteiger partial charge in [0, 0.05) is 21.7 Å². The number of ether oxygens (including phenoxy) is 1. The summed E-state index contributed by atoms with van der Waals surface area (Å²) in [7, 11) is 0. The minimum Gasteiger partial charge on any atom is -0.455 e. The van der Waals surface area contributed by atoms with Gasteiger partial charge < -0.3 is 4.74 Å². The van der Waals surface area contributed by atoms with Crippen LogP contribution in [0, 0.1) is 0 Å². The first-order valence-corrected chi connectivity index (χ1v) is 18.2. The van der Waals surface area contributed by atoms with Crippen molar-refractivity contribution in [2.75, 3.05) is 0 Å². The third-order valence-corrected chi connectivity index (χ3v) is 12.0. The molecule has 0 N–H and O–H groups in total. The van der Waals surface area contributed by atoms with Crippen molar-refractivity contribution in [1.82, 2.24) is 14.5 Å². The Bertz CT molecular complexity index is 3240. The van der Waals surface area contributed by atoms with E-state index in [-0.39, 0.29) is 0 Å². The summed E-state index contributed by atoms with van der Waals surface area (Å²) in [6.45, 7) is 0. The number of nitrogens with zero attached hydrogens (tertiary/aromatic N) is 3. The molecular formula is C49H27N3O. The molecule has 244 valence electrons. The number of aromatic nitrogens is 3. The van der Waals surface area contributed by atoms with Crippen LogP contribution >= 0.6 is 0 Å². The first-order valence-electron chi connectivity index (χ1n) is 18.2. The van der Waals surface area contributed by atoms with Crippen molar-refractivity contribution in [3.05, 3.63) is 186 Å². The van der Waals surface area contributed by atoms with Crippen LogP contribution in [0.2, 0.25) is 0 Å². The Hall–Kier alpha value is -7.04. The zero-order valence-electron chi connectivity index (χ0n) is 28.3. The second-order valence-electron chi connectivity index (χ2n) is 14.4. The molecule has 0 amide bonds. The number of benzene rings is 8. The summed E-state index contributed by atoms with van der Waals surface area (Å²) < 4.78 is 8.92. The van der Waals surface area contributed by atoms with E-state index in [4.69, 9.17) is 14.7 Å². The molecule has 10 aromatic rings. The van der Waals surface area contributed by atoms with Gasteiger partial charge in [0.2, 0.25) is 5.95 Å². The number of para-hydroxylation sites is 1. The van der Waals surface area contributed by atoms with Crippen molar-refractivity contribution in [1.29, 1.82) is 0 Å². The Morgan fingerprint density at radius 1 is 0.453 bits per heavy atom. The van der Waals surface area contributed by atoms with E-state index in [1.54, 1.807) is 0 Å². The van der Waals surface area contributed by atoms with E-state index in [1.807, 2.05) is 12.1 Å². The maximum absolute atomic E-state index is 6.64. The molecule has 8 aromatic carbocycles. The van der Waals surface area contributed by atoms with Crippen LogP contribution in [0.5, 0.6) is 11.5 Å². The largest absolute Gasteiger partial charge is 0.455 e. The van der Waals surface area contributed by atoms with Crippen LogP contribution in [0.15, 0.2) is 164 Å². The van der Waals surface area contributed by atoms with Gasteiger partial charge in [-0.15, -0.1) is 0 Å². The Balaban J connectivity index is 1.16. The average Bonchev–Trinajstić information content (AvgIpc) is 3.81. The van der Waals surface area contributed by atoms with Crippen molar-refractivity contribution in [2.45, 2.75) is 5.41 Å².